The molecule has 0 bridgehead atoms. The van der Waals surface area contributed by atoms with Gasteiger partial charge in [-0.15, -0.1) is 0 Å². The molecule has 31 heavy (non-hydrogen) atoms. The molecule has 162 valence electrons. The summed E-state index contributed by atoms with van der Waals surface area (Å²) < 4.78 is 2.09. The minimum Gasteiger partial charge on any atom is -0.348 e. The van der Waals surface area contributed by atoms with Gasteiger partial charge in [0.25, 0.3) is 5.91 Å². The van der Waals surface area contributed by atoms with Crippen LogP contribution in [-0.4, -0.2) is 33.4 Å². The SMILES string of the molecule is Cc1nccn1Cc1ccc(C(=O)NCc2ccc(CN3CCCC(C)C3)cc2)cc1. The van der Waals surface area contributed by atoms with Crippen molar-refractivity contribution in [3.8, 4) is 0 Å². The normalized spacial score (nSPS) is 16.9. The summed E-state index contributed by atoms with van der Waals surface area (Å²) in [5.74, 6) is 1.74. The first-order chi connectivity index (χ1) is 15.1. The summed E-state index contributed by atoms with van der Waals surface area (Å²) in [6, 6.07) is 16.4. The molecular formula is C26H32N4O. The van der Waals surface area contributed by atoms with E-state index in [-0.39, 0.29) is 5.91 Å². The molecule has 0 radical (unpaired) electrons. The maximum absolute atomic E-state index is 12.5. The van der Waals surface area contributed by atoms with Crippen molar-refractivity contribution in [1.82, 2.24) is 19.8 Å². The Labute approximate surface area is 185 Å². The molecule has 1 N–H and O–H groups in total. The summed E-state index contributed by atoms with van der Waals surface area (Å²) in [4.78, 5) is 19.3. The van der Waals surface area contributed by atoms with Crippen LogP contribution >= 0.6 is 0 Å². The lowest BCUT2D eigenvalue weighted by Gasteiger charge is -2.30. The number of carbonyl (C=O) groups is 1. The lowest BCUT2D eigenvalue weighted by molar-refractivity contribution is 0.0951. The lowest BCUT2D eigenvalue weighted by Crippen LogP contribution is -2.33. The fourth-order valence-electron chi connectivity index (χ4n) is 4.26. The smallest absolute Gasteiger partial charge is 0.251 e. The highest BCUT2D eigenvalue weighted by molar-refractivity contribution is 5.94. The highest BCUT2D eigenvalue weighted by atomic mass is 16.1. The van der Waals surface area contributed by atoms with Crippen LogP contribution in [0.4, 0.5) is 0 Å². The highest BCUT2D eigenvalue weighted by Crippen LogP contribution is 2.18. The van der Waals surface area contributed by atoms with Crippen LogP contribution in [0.5, 0.6) is 0 Å². The molecule has 4 rings (SSSR count). The van der Waals surface area contributed by atoms with Gasteiger partial charge in [-0.25, -0.2) is 4.98 Å². The van der Waals surface area contributed by atoms with Gasteiger partial charge in [0, 0.05) is 44.1 Å². The summed E-state index contributed by atoms with van der Waals surface area (Å²) >= 11 is 0. The van der Waals surface area contributed by atoms with E-state index < -0.39 is 0 Å². The van der Waals surface area contributed by atoms with Crippen molar-refractivity contribution in [3.05, 3.63) is 89.0 Å². The summed E-state index contributed by atoms with van der Waals surface area (Å²) in [6.45, 7) is 9.03. The molecule has 1 amide bonds. The first-order valence-corrected chi connectivity index (χ1v) is 11.2. The molecule has 2 aromatic carbocycles. The molecule has 1 aliphatic heterocycles. The third-order valence-corrected chi connectivity index (χ3v) is 6.12. The Morgan fingerprint density at radius 2 is 1.71 bits per heavy atom. The molecular weight excluding hydrogens is 384 g/mol. The third-order valence-electron chi connectivity index (χ3n) is 6.12. The molecule has 1 unspecified atom stereocenters. The first-order valence-electron chi connectivity index (χ1n) is 11.2. The Hall–Kier alpha value is -2.92. The number of benzene rings is 2. The number of carbonyl (C=O) groups excluding carboxylic acids is 1. The van der Waals surface area contributed by atoms with Crippen LogP contribution in [0.2, 0.25) is 0 Å². The Morgan fingerprint density at radius 1 is 1.03 bits per heavy atom. The standard InChI is InChI=1S/C26H32N4O/c1-20-4-3-14-29(17-20)18-23-7-5-22(6-8-23)16-28-26(31)25-11-9-24(10-12-25)19-30-15-13-27-21(30)2/h5-13,15,20H,3-4,14,16-19H2,1-2H3,(H,28,31). The van der Waals surface area contributed by atoms with Crippen molar-refractivity contribution in [2.75, 3.05) is 13.1 Å². The Bertz CT molecular complexity index is 991. The van der Waals surface area contributed by atoms with Gasteiger partial charge < -0.3 is 9.88 Å². The average Bonchev–Trinajstić information content (AvgIpc) is 3.18. The second kappa shape index (κ2) is 9.92. The number of hydrogen-bond donors (Lipinski definition) is 1. The number of hydrogen-bond acceptors (Lipinski definition) is 3. The molecule has 3 aromatic rings. The van der Waals surface area contributed by atoms with Crippen LogP contribution in [0.3, 0.4) is 0 Å². The maximum Gasteiger partial charge on any atom is 0.251 e. The number of nitrogens with one attached hydrogen (secondary N) is 1. The molecule has 1 saturated heterocycles. The van der Waals surface area contributed by atoms with Crippen molar-refractivity contribution in [2.45, 2.75) is 46.3 Å². The van der Waals surface area contributed by atoms with Crippen molar-refractivity contribution in [2.24, 2.45) is 5.92 Å². The van der Waals surface area contributed by atoms with Crippen molar-refractivity contribution < 1.29 is 4.79 Å². The van der Waals surface area contributed by atoms with Crippen LogP contribution < -0.4 is 5.32 Å². The van der Waals surface area contributed by atoms with Gasteiger partial charge in [0.2, 0.25) is 0 Å². The number of aryl methyl sites for hydroxylation is 1. The van der Waals surface area contributed by atoms with E-state index in [4.69, 9.17) is 0 Å². The van der Waals surface area contributed by atoms with Gasteiger partial charge in [-0.2, -0.15) is 0 Å². The van der Waals surface area contributed by atoms with Gasteiger partial charge in [-0.05, 0) is 61.1 Å². The first kappa shape index (κ1) is 21.3. The zero-order valence-corrected chi connectivity index (χ0v) is 18.6. The molecule has 1 atom stereocenters. The number of rotatable bonds is 7. The number of piperidine rings is 1. The minimum absolute atomic E-state index is 0.0447. The van der Waals surface area contributed by atoms with Crippen LogP contribution in [0.25, 0.3) is 0 Å². The summed E-state index contributed by atoms with van der Waals surface area (Å²) in [7, 11) is 0. The fraction of sp³-hybridized carbons (Fsp3) is 0.385. The van der Waals surface area contributed by atoms with E-state index in [0.29, 0.717) is 12.1 Å². The summed E-state index contributed by atoms with van der Waals surface area (Å²) in [6.07, 6.45) is 6.42. The molecule has 5 heteroatoms. The highest BCUT2D eigenvalue weighted by Gasteiger charge is 2.16. The molecule has 0 aliphatic carbocycles. The number of amides is 1. The van der Waals surface area contributed by atoms with Crippen molar-refractivity contribution in [3.63, 3.8) is 0 Å². The zero-order chi connectivity index (χ0) is 21.6. The zero-order valence-electron chi connectivity index (χ0n) is 18.6. The summed E-state index contributed by atoms with van der Waals surface area (Å²) in [5.41, 5.74) is 4.29. The van der Waals surface area contributed by atoms with E-state index >= 15 is 0 Å². The van der Waals surface area contributed by atoms with Crippen molar-refractivity contribution in [1.29, 1.82) is 0 Å². The van der Waals surface area contributed by atoms with Crippen LogP contribution in [0, 0.1) is 12.8 Å². The van der Waals surface area contributed by atoms with Crippen LogP contribution in [0.15, 0.2) is 60.9 Å². The van der Waals surface area contributed by atoms with E-state index in [1.807, 2.05) is 37.4 Å². The lowest BCUT2D eigenvalue weighted by atomic mass is 9.99. The number of imidazole rings is 1. The largest absolute Gasteiger partial charge is 0.348 e. The van der Waals surface area contributed by atoms with Gasteiger partial charge in [0.1, 0.15) is 5.82 Å². The molecule has 2 heterocycles. The van der Waals surface area contributed by atoms with Crippen LogP contribution in [0.1, 0.15) is 52.6 Å². The monoisotopic (exact) mass is 416 g/mol. The van der Waals surface area contributed by atoms with Gasteiger partial charge in [-0.1, -0.05) is 43.3 Å². The van der Waals surface area contributed by atoms with Crippen LogP contribution in [-0.2, 0) is 19.6 Å². The fourth-order valence-corrected chi connectivity index (χ4v) is 4.26. The van der Waals surface area contributed by atoms with Gasteiger partial charge >= 0.3 is 0 Å². The Kier molecular flexibility index (Phi) is 6.82. The Morgan fingerprint density at radius 3 is 2.39 bits per heavy atom. The molecule has 5 nitrogen and oxygen atoms in total. The molecule has 1 fully saturated rings. The molecule has 0 saturated carbocycles. The molecule has 1 aromatic heterocycles. The quantitative estimate of drug-likeness (QED) is 0.621. The van der Waals surface area contributed by atoms with Gasteiger partial charge in [-0.3, -0.25) is 9.69 Å². The van der Waals surface area contributed by atoms with E-state index in [0.717, 1.165) is 36.0 Å². The van der Waals surface area contributed by atoms with Gasteiger partial charge in [0.05, 0.1) is 0 Å². The maximum atomic E-state index is 12.5. The topological polar surface area (TPSA) is 50.2 Å². The predicted octanol–water partition coefficient (Wildman–Crippen LogP) is 4.40. The molecule has 1 aliphatic rings. The second-order valence-corrected chi connectivity index (χ2v) is 8.78. The number of aromatic nitrogens is 2. The molecule has 0 spiro atoms. The summed E-state index contributed by atoms with van der Waals surface area (Å²) in [5, 5.41) is 3.03. The van der Waals surface area contributed by atoms with Gasteiger partial charge in [0.15, 0.2) is 0 Å². The van der Waals surface area contributed by atoms with Crippen molar-refractivity contribution >= 4 is 5.91 Å². The average molecular weight is 417 g/mol. The van der Waals surface area contributed by atoms with E-state index in [2.05, 4.69) is 51.0 Å². The number of likely N-dealkylation sites (tertiary alicyclic amines) is 1. The minimum atomic E-state index is -0.0447. The predicted molar refractivity (Wildman–Crippen MR) is 124 cm³/mol. The third kappa shape index (κ3) is 5.82. The second-order valence-electron chi connectivity index (χ2n) is 8.78. The van der Waals surface area contributed by atoms with E-state index in [1.165, 1.54) is 31.5 Å². The number of nitrogens with zero attached hydrogens (tertiary/aromatic N) is 3. The van der Waals surface area contributed by atoms with E-state index in [1.54, 1.807) is 6.20 Å². The Balaban J connectivity index is 1.26. The van der Waals surface area contributed by atoms with E-state index in [9.17, 15) is 4.79 Å².